The molecule has 12 heteroatoms. The van der Waals surface area contributed by atoms with Crippen LogP contribution in [0.1, 0.15) is 47.9 Å². The van der Waals surface area contributed by atoms with Crippen molar-refractivity contribution >= 4 is 29.1 Å². The lowest BCUT2D eigenvalue weighted by molar-refractivity contribution is -0.143. The van der Waals surface area contributed by atoms with E-state index in [9.17, 15) is 50.6 Å². The third kappa shape index (κ3) is 4.49. The van der Waals surface area contributed by atoms with Crippen LogP contribution in [0, 0.1) is 24.7 Å². The van der Waals surface area contributed by atoms with E-state index in [1.807, 2.05) is 0 Å². The Morgan fingerprint density at radius 3 is 2.07 bits per heavy atom. The van der Waals surface area contributed by atoms with Crippen LogP contribution in [0.25, 0.3) is 0 Å². The van der Waals surface area contributed by atoms with Gasteiger partial charge in [0.15, 0.2) is 11.6 Å². The van der Waals surface area contributed by atoms with Crippen LogP contribution in [0.4, 0.5) is 32.0 Å². The lowest BCUT2D eigenvalue weighted by atomic mass is 9.59. The Balaban J connectivity index is 1.48. The molecule has 228 valence electrons. The number of imide groups is 1. The van der Waals surface area contributed by atoms with Crippen LogP contribution in [0.5, 0.6) is 5.75 Å². The monoisotopic (exact) mass is 615 g/mol. The minimum absolute atomic E-state index is 0.0124. The Hall–Kier alpha value is -4.48. The second-order valence-corrected chi connectivity index (χ2v) is 11.6. The highest BCUT2D eigenvalue weighted by Crippen LogP contribution is 2.56. The number of nitrogens with zero attached hydrogens (tertiary/aromatic N) is 1. The van der Waals surface area contributed by atoms with Crippen molar-refractivity contribution in [1.82, 2.24) is 0 Å². The van der Waals surface area contributed by atoms with Crippen molar-refractivity contribution in [3.63, 3.8) is 0 Å². The summed E-state index contributed by atoms with van der Waals surface area (Å²) in [6, 6.07) is 5.25. The number of hydrogen-bond acceptors (Lipinski definition) is 5. The number of aromatic hydroxyl groups is 1. The number of phenolic OH excluding ortho intramolecular Hbond substituents is 1. The van der Waals surface area contributed by atoms with Crippen molar-refractivity contribution in [2.45, 2.75) is 45.0 Å². The number of benzene rings is 2. The fourth-order valence-electron chi connectivity index (χ4n) is 6.92. The summed E-state index contributed by atoms with van der Waals surface area (Å²) in [5.41, 5.74) is -2.05. The third-order valence-corrected chi connectivity index (χ3v) is 8.95. The van der Waals surface area contributed by atoms with Crippen molar-refractivity contribution in [1.29, 1.82) is 0 Å². The molecule has 6 rings (SSSR count). The summed E-state index contributed by atoms with van der Waals surface area (Å²) in [5.74, 6) is -6.74. The smallest absolute Gasteiger partial charge is 0.416 e. The molecule has 3 aliphatic carbocycles. The van der Waals surface area contributed by atoms with Gasteiger partial charge in [0.1, 0.15) is 5.75 Å². The molecular weight excluding hydrogens is 592 g/mol. The molecule has 4 atom stereocenters. The number of Topliss-reactive ketones (excluding diaryl/α,β-unsaturated/α-hetero) is 1. The number of rotatable bonds is 2. The fraction of sp³-hybridized carbons (Fsp3) is 0.312. The lowest BCUT2D eigenvalue weighted by Crippen LogP contribution is -2.39. The molecule has 44 heavy (non-hydrogen) atoms. The van der Waals surface area contributed by atoms with Crippen LogP contribution in [0.3, 0.4) is 0 Å². The van der Waals surface area contributed by atoms with Crippen molar-refractivity contribution in [3.05, 3.63) is 93.1 Å². The summed E-state index contributed by atoms with van der Waals surface area (Å²) < 4.78 is 81.6. The predicted octanol–water partition coefficient (Wildman–Crippen LogP) is 6.37. The van der Waals surface area contributed by atoms with E-state index in [1.54, 1.807) is 25.1 Å². The first-order valence-corrected chi connectivity index (χ1v) is 13.7. The van der Waals surface area contributed by atoms with Gasteiger partial charge in [-0.25, -0.2) is 4.90 Å². The molecule has 0 radical (unpaired) electrons. The number of halogens is 6. The highest BCUT2D eigenvalue weighted by molar-refractivity contribution is 6.25. The summed E-state index contributed by atoms with van der Waals surface area (Å²) in [6.45, 7) is 3.14. The highest BCUT2D eigenvalue weighted by Gasteiger charge is 2.57. The number of carbonyl (C=O) groups excluding carboxylic acids is 4. The molecule has 0 bridgehead atoms. The zero-order chi connectivity index (χ0) is 32.0. The third-order valence-electron chi connectivity index (χ3n) is 8.95. The first-order chi connectivity index (χ1) is 20.5. The Morgan fingerprint density at radius 1 is 0.841 bits per heavy atom. The van der Waals surface area contributed by atoms with Gasteiger partial charge in [-0.2, -0.15) is 26.3 Å². The fourth-order valence-corrected chi connectivity index (χ4v) is 6.92. The SMILES string of the molecule is CC1=CC(=O)C2=C(C1=O)C(c1ccc(O)c(C)c1)C1=CCC3C(=O)N(c4cc(C(F)(F)F)cc(C(F)(F)F)c4)C(=O)C3C1C2. The van der Waals surface area contributed by atoms with Crippen molar-refractivity contribution < 1.29 is 50.6 Å². The summed E-state index contributed by atoms with van der Waals surface area (Å²) >= 11 is 0. The largest absolute Gasteiger partial charge is 0.508 e. The van der Waals surface area contributed by atoms with Gasteiger partial charge >= 0.3 is 12.4 Å². The van der Waals surface area contributed by atoms with Crippen LogP contribution >= 0.6 is 0 Å². The van der Waals surface area contributed by atoms with Crippen molar-refractivity contribution in [3.8, 4) is 5.75 Å². The summed E-state index contributed by atoms with van der Waals surface area (Å²) in [6.07, 6.45) is -7.70. The number of fused-ring (bicyclic) bond motifs is 3. The second kappa shape index (κ2) is 9.76. The van der Waals surface area contributed by atoms with E-state index in [1.165, 1.54) is 19.1 Å². The van der Waals surface area contributed by atoms with Crippen LogP contribution in [-0.4, -0.2) is 28.5 Å². The molecule has 1 fully saturated rings. The van der Waals surface area contributed by atoms with Crippen LogP contribution in [0.15, 0.2) is 70.8 Å². The summed E-state index contributed by atoms with van der Waals surface area (Å²) in [7, 11) is 0. The normalized spacial score (nSPS) is 25.5. The number of aryl methyl sites for hydroxylation is 1. The number of alkyl halides is 6. The molecule has 1 aliphatic heterocycles. The van der Waals surface area contributed by atoms with Crippen LogP contribution in [-0.2, 0) is 31.5 Å². The zero-order valence-corrected chi connectivity index (χ0v) is 23.1. The number of carbonyl (C=O) groups is 4. The van der Waals surface area contributed by atoms with Gasteiger partial charge in [-0.05, 0) is 74.1 Å². The minimum atomic E-state index is -5.19. The predicted molar refractivity (Wildman–Crippen MR) is 143 cm³/mol. The van der Waals surface area contributed by atoms with E-state index < -0.39 is 70.4 Å². The molecule has 4 aliphatic rings. The van der Waals surface area contributed by atoms with Gasteiger partial charge in [0.05, 0.1) is 28.7 Å². The van der Waals surface area contributed by atoms with Gasteiger partial charge in [0.2, 0.25) is 11.8 Å². The molecule has 2 aromatic rings. The number of phenols is 1. The minimum Gasteiger partial charge on any atom is -0.508 e. The van der Waals surface area contributed by atoms with Crippen LogP contribution in [0.2, 0.25) is 0 Å². The van der Waals surface area contributed by atoms with E-state index in [4.69, 9.17) is 0 Å². The molecular formula is C32H23F6NO5. The summed E-state index contributed by atoms with van der Waals surface area (Å²) in [4.78, 5) is 54.6. The van der Waals surface area contributed by atoms with Gasteiger partial charge < -0.3 is 5.11 Å². The molecule has 1 saturated heterocycles. The molecule has 0 aromatic heterocycles. The second-order valence-electron chi connectivity index (χ2n) is 11.6. The maximum Gasteiger partial charge on any atom is 0.416 e. The van der Waals surface area contributed by atoms with Crippen molar-refractivity contribution in [2.75, 3.05) is 4.90 Å². The molecule has 6 nitrogen and oxygen atoms in total. The van der Waals surface area contributed by atoms with E-state index in [2.05, 4.69) is 0 Å². The van der Waals surface area contributed by atoms with Gasteiger partial charge in [0, 0.05) is 22.6 Å². The number of hydrogen-bond donors (Lipinski definition) is 1. The average molecular weight is 616 g/mol. The van der Waals surface area contributed by atoms with Gasteiger partial charge in [0.25, 0.3) is 0 Å². The van der Waals surface area contributed by atoms with Crippen molar-refractivity contribution in [2.24, 2.45) is 17.8 Å². The highest BCUT2D eigenvalue weighted by atomic mass is 19.4. The lowest BCUT2D eigenvalue weighted by Gasteiger charge is -2.42. The molecule has 4 unspecified atom stereocenters. The van der Waals surface area contributed by atoms with E-state index in [-0.39, 0.29) is 47.2 Å². The van der Waals surface area contributed by atoms with Gasteiger partial charge in [-0.15, -0.1) is 0 Å². The first kappa shape index (κ1) is 29.6. The number of allylic oxidation sites excluding steroid dienone is 6. The van der Waals surface area contributed by atoms with Gasteiger partial charge in [-0.3, -0.25) is 19.2 Å². The van der Waals surface area contributed by atoms with E-state index in [0.29, 0.717) is 33.7 Å². The zero-order valence-electron chi connectivity index (χ0n) is 23.1. The topological polar surface area (TPSA) is 91.8 Å². The average Bonchev–Trinajstić information content (AvgIpc) is 3.20. The Labute approximate surface area is 246 Å². The Kier molecular flexibility index (Phi) is 6.57. The number of anilines is 1. The number of amides is 2. The van der Waals surface area contributed by atoms with E-state index in [0.717, 1.165) is 0 Å². The molecule has 1 N–H and O–H groups in total. The summed E-state index contributed by atoms with van der Waals surface area (Å²) in [5, 5.41) is 10.1. The van der Waals surface area contributed by atoms with Gasteiger partial charge in [-0.1, -0.05) is 23.8 Å². The maximum atomic E-state index is 13.9. The molecule has 0 saturated carbocycles. The molecule has 2 aromatic carbocycles. The molecule has 1 heterocycles. The Morgan fingerprint density at radius 2 is 1.48 bits per heavy atom. The number of ketones is 2. The molecule has 2 amide bonds. The first-order valence-electron chi connectivity index (χ1n) is 13.7. The van der Waals surface area contributed by atoms with Crippen LogP contribution < -0.4 is 4.90 Å². The quantitative estimate of drug-likeness (QED) is 0.184. The standard InChI is InChI=1S/C32H23F6NO5/c1-13-7-15(3-6-23(13)40)25-19-4-5-20-26(21(19)12-22-24(41)8-14(2)28(42)27(22)25)30(44)39(29(20)43)18-10-16(31(33,34)35)9-17(11-18)32(36,37)38/h3-4,6-11,20-21,25-26,40H,5,12H2,1-2H3. The maximum absolute atomic E-state index is 13.9. The molecule has 0 spiro atoms. The van der Waals surface area contributed by atoms with E-state index >= 15 is 0 Å². The Bertz CT molecular complexity index is 1750.